The van der Waals surface area contributed by atoms with Gasteiger partial charge in [0.25, 0.3) is 5.91 Å². The summed E-state index contributed by atoms with van der Waals surface area (Å²) in [6.07, 6.45) is 0.724. The first-order valence-corrected chi connectivity index (χ1v) is 10.5. The van der Waals surface area contributed by atoms with E-state index in [9.17, 15) is 9.59 Å². The van der Waals surface area contributed by atoms with Crippen LogP contribution in [-0.4, -0.2) is 30.1 Å². The topological polar surface area (TPSA) is 78.9 Å². The molecule has 0 radical (unpaired) electrons. The number of anilines is 1. The fourth-order valence-corrected chi connectivity index (χ4v) is 4.16. The minimum atomic E-state index is -0.988. The molecule has 2 N–H and O–H groups in total. The third-order valence-corrected chi connectivity index (χ3v) is 5.60. The van der Waals surface area contributed by atoms with E-state index in [0.29, 0.717) is 22.4 Å². The molecule has 2 aromatic rings. The first-order valence-electron chi connectivity index (χ1n) is 10.1. The van der Waals surface area contributed by atoms with Crippen LogP contribution in [0.2, 0.25) is 5.02 Å². The van der Waals surface area contributed by atoms with Crippen molar-refractivity contribution in [3.8, 4) is 0 Å². The van der Waals surface area contributed by atoms with E-state index in [1.54, 1.807) is 31.2 Å². The summed E-state index contributed by atoms with van der Waals surface area (Å²) in [5.74, 6) is -0.263. The zero-order valence-electron chi connectivity index (χ0n) is 17.4. The molecule has 1 fully saturated rings. The maximum Gasteiger partial charge on any atom is 0.335 e. The van der Waals surface area contributed by atoms with Crippen LogP contribution < -0.4 is 10.4 Å². The molecule has 0 saturated carbocycles. The number of rotatable bonds is 6. The highest BCUT2D eigenvalue weighted by Gasteiger charge is 2.25. The third-order valence-electron chi connectivity index (χ3n) is 5.37. The van der Waals surface area contributed by atoms with Crippen molar-refractivity contribution < 1.29 is 19.5 Å². The number of hydroxylamine groups is 1. The number of carbonyl (C=O) groups excluding carboxylic acids is 1. The van der Waals surface area contributed by atoms with Gasteiger partial charge in [0.05, 0.1) is 11.1 Å². The number of nitrogens with one attached hydrogen (secondary N) is 1. The molecule has 1 amide bonds. The Hall–Kier alpha value is -2.57. The van der Waals surface area contributed by atoms with Gasteiger partial charge >= 0.3 is 5.97 Å². The Morgan fingerprint density at radius 2 is 1.77 bits per heavy atom. The molecule has 1 unspecified atom stereocenters. The number of piperidine rings is 1. The van der Waals surface area contributed by atoms with Crippen LogP contribution >= 0.6 is 11.6 Å². The van der Waals surface area contributed by atoms with Crippen LogP contribution in [0.1, 0.15) is 59.6 Å². The van der Waals surface area contributed by atoms with Gasteiger partial charge in [-0.05, 0) is 61.1 Å². The van der Waals surface area contributed by atoms with Crippen molar-refractivity contribution in [1.82, 2.24) is 5.48 Å². The Morgan fingerprint density at radius 1 is 1.13 bits per heavy atom. The Labute approximate surface area is 181 Å². The molecule has 160 valence electrons. The van der Waals surface area contributed by atoms with E-state index >= 15 is 0 Å². The number of hydrogen-bond acceptors (Lipinski definition) is 4. The number of amides is 1. The third kappa shape index (κ3) is 5.32. The number of carboxylic acids is 1. The fraction of sp³-hybridized carbons (Fsp3) is 0.391. The molecular formula is C23H27ClN2O4. The molecule has 3 rings (SSSR count). The summed E-state index contributed by atoms with van der Waals surface area (Å²) in [4.78, 5) is 31.7. The number of halogens is 1. The molecule has 7 heteroatoms. The van der Waals surface area contributed by atoms with Gasteiger partial charge in [0.2, 0.25) is 0 Å². The smallest absolute Gasteiger partial charge is 0.335 e. The minimum Gasteiger partial charge on any atom is -0.478 e. The van der Waals surface area contributed by atoms with E-state index in [1.807, 2.05) is 6.07 Å². The number of benzene rings is 2. The Kier molecular flexibility index (Phi) is 7.00. The van der Waals surface area contributed by atoms with Crippen LogP contribution in [0.4, 0.5) is 5.69 Å². The second kappa shape index (κ2) is 9.49. The minimum absolute atomic E-state index is 0.198. The molecule has 2 aromatic carbocycles. The Bertz CT molecular complexity index is 906. The number of carbonyl (C=O) groups is 2. The summed E-state index contributed by atoms with van der Waals surface area (Å²) in [5.41, 5.74) is 4.79. The molecule has 1 aliphatic heterocycles. The molecule has 3 atom stereocenters. The summed E-state index contributed by atoms with van der Waals surface area (Å²) in [5, 5.41) is 9.49. The average molecular weight is 431 g/mol. The lowest BCUT2D eigenvalue weighted by Crippen LogP contribution is -2.40. The fourth-order valence-electron chi connectivity index (χ4n) is 3.99. The standard InChI is InChI=1S/C23H27ClN2O4/c1-14-10-15(2)13-26(12-14)21-9-8-19(24)11-20(21)22(27)25-30-16(3)17-4-6-18(7-5-17)23(28)29/h4-9,11,14-16H,10,12-13H2,1-3H3,(H,25,27)(H,28,29)/t14-,15+,16?. The molecular weight excluding hydrogens is 404 g/mol. The maximum absolute atomic E-state index is 12.9. The van der Waals surface area contributed by atoms with E-state index in [4.69, 9.17) is 21.5 Å². The van der Waals surface area contributed by atoms with Gasteiger partial charge in [-0.3, -0.25) is 9.63 Å². The summed E-state index contributed by atoms with van der Waals surface area (Å²) >= 11 is 6.17. The second-order valence-electron chi connectivity index (χ2n) is 8.13. The summed E-state index contributed by atoms with van der Waals surface area (Å²) < 4.78 is 0. The highest BCUT2D eigenvalue weighted by Crippen LogP contribution is 2.30. The van der Waals surface area contributed by atoms with E-state index in [-0.39, 0.29) is 11.5 Å². The van der Waals surface area contributed by atoms with E-state index in [1.165, 1.54) is 18.6 Å². The van der Waals surface area contributed by atoms with Crippen molar-refractivity contribution in [3.05, 3.63) is 64.2 Å². The van der Waals surface area contributed by atoms with Crippen LogP contribution in [0.5, 0.6) is 0 Å². The lowest BCUT2D eigenvalue weighted by molar-refractivity contribution is -0.00888. The van der Waals surface area contributed by atoms with Gasteiger partial charge in [-0.2, -0.15) is 0 Å². The van der Waals surface area contributed by atoms with Crippen LogP contribution in [0.15, 0.2) is 42.5 Å². The molecule has 1 aliphatic rings. The second-order valence-corrected chi connectivity index (χ2v) is 8.57. The molecule has 0 bridgehead atoms. The van der Waals surface area contributed by atoms with E-state index < -0.39 is 12.1 Å². The van der Waals surface area contributed by atoms with Gasteiger partial charge < -0.3 is 10.0 Å². The Balaban J connectivity index is 1.71. The average Bonchev–Trinajstić information content (AvgIpc) is 2.71. The number of hydrogen-bond donors (Lipinski definition) is 2. The van der Waals surface area contributed by atoms with Crippen molar-refractivity contribution >= 4 is 29.2 Å². The Morgan fingerprint density at radius 3 is 2.37 bits per heavy atom. The van der Waals surface area contributed by atoms with Gasteiger partial charge in [-0.25, -0.2) is 10.3 Å². The zero-order chi connectivity index (χ0) is 21.8. The normalized spacial score (nSPS) is 19.9. The van der Waals surface area contributed by atoms with Crippen molar-refractivity contribution in [2.45, 2.75) is 33.3 Å². The highest BCUT2D eigenvalue weighted by atomic mass is 35.5. The number of aromatic carboxylic acids is 1. The predicted molar refractivity (Wildman–Crippen MR) is 117 cm³/mol. The maximum atomic E-state index is 12.9. The van der Waals surface area contributed by atoms with Crippen LogP contribution in [0.25, 0.3) is 0 Å². The molecule has 0 aliphatic carbocycles. The van der Waals surface area contributed by atoms with Crippen LogP contribution in [-0.2, 0) is 4.84 Å². The quantitative estimate of drug-likeness (QED) is 0.634. The van der Waals surface area contributed by atoms with Crippen LogP contribution in [0.3, 0.4) is 0 Å². The van der Waals surface area contributed by atoms with E-state index in [2.05, 4.69) is 24.2 Å². The largest absolute Gasteiger partial charge is 0.478 e. The monoisotopic (exact) mass is 430 g/mol. The molecule has 6 nitrogen and oxygen atoms in total. The molecule has 1 saturated heterocycles. The molecule has 0 aromatic heterocycles. The summed E-state index contributed by atoms with van der Waals surface area (Å²) in [6.45, 7) is 8.00. The lowest BCUT2D eigenvalue weighted by Gasteiger charge is -2.37. The molecule has 1 heterocycles. The van der Waals surface area contributed by atoms with Gasteiger partial charge in [0.15, 0.2) is 0 Å². The van der Waals surface area contributed by atoms with Gasteiger partial charge in [0.1, 0.15) is 6.10 Å². The van der Waals surface area contributed by atoms with Crippen LogP contribution in [0, 0.1) is 11.8 Å². The summed E-state index contributed by atoms with van der Waals surface area (Å²) in [7, 11) is 0. The van der Waals surface area contributed by atoms with Crippen molar-refractivity contribution in [3.63, 3.8) is 0 Å². The lowest BCUT2D eigenvalue weighted by atomic mass is 9.91. The first kappa shape index (κ1) is 22.1. The summed E-state index contributed by atoms with van der Waals surface area (Å²) in [6, 6.07) is 11.7. The van der Waals surface area contributed by atoms with Crippen molar-refractivity contribution in [2.75, 3.05) is 18.0 Å². The molecule has 0 spiro atoms. The van der Waals surface area contributed by atoms with E-state index in [0.717, 1.165) is 24.3 Å². The number of nitrogens with zero attached hydrogens (tertiary/aromatic N) is 1. The predicted octanol–water partition coefficient (Wildman–Crippen LogP) is 4.94. The van der Waals surface area contributed by atoms with Gasteiger partial charge in [0, 0.05) is 23.8 Å². The highest BCUT2D eigenvalue weighted by molar-refractivity contribution is 6.31. The van der Waals surface area contributed by atoms with Gasteiger partial charge in [-0.15, -0.1) is 0 Å². The number of carboxylic acid groups (broad SMARTS) is 1. The SMILES string of the molecule is CC(ONC(=O)c1cc(Cl)ccc1N1C[C@H](C)C[C@H](C)C1)c1ccc(C(=O)O)cc1. The van der Waals surface area contributed by atoms with Crippen molar-refractivity contribution in [1.29, 1.82) is 0 Å². The van der Waals surface area contributed by atoms with Crippen molar-refractivity contribution in [2.24, 2.45) is 11.8 Å². The molecule has 30 heavy (non-hydrogen) atoms. The zero-order valence-corrected chi connectivity index (χ0v) is 18.1. The van der Waals surface area contributed by atoms with Gasteiger partial charge in [-0.1, -0.05) is 37.6 Å². The first-order chi connectivity index (χ1) is 14.2.